The summed E-state index contributed by atoms with van der Waals surface area (Å²) in [5.74, 6) is -1.28. The van der Waals surface area contributed by atoms with Gasteiger partial charge < -0.3 is 25.1 Å². The number of methoxy groups -OCH3 is 1. The molecule has 2 aromatic carbocycles. The van der Waals surface area contributed by atoms with E-state index in [1.54, 1.807) is 18.3 Å². The molecule has 4 rings (SSSR count). The number of ether oxygens (including phenoxy) is 2. The minimum absolute atomic E-state index is 0.108. The number of allylic oxidation sites excluding steroid dienone is 1. The van der Waals surface area contributed by atoms with Crippen LogP contribution in [-0.2, 0) is 32.8 Å². The molecule has 1 aromatic heterocycles. The first kappa shape index (κ1) is 29.1. The SMILES string of the molecule is COc1ccc(C[C@@H](C(=O)N2CC(OCC=C(C)C)(c3ccccc3C)C2)C(Cc2nc[nH]c2C)C(N)=O)cc1. The molecule has 2 heterocycles. The number of aromatic amines is 1. The Labute approximate surface area is 236 Å². The van der Waals surface area contributed by atoms with Gasteiger partial charge in [-0.1, -0.05) is 48.0 Å². The Kier molecular flexibility index (Phi) is 9.10. The van der Waals surface area contributed by atoms with E-state index in [1.165, 1.54) is 5.57 Å². The Morgan fingerprint density at radius 2 is 1.77 bits per heavy atom. The van der Waals surface area contributed by atoms with Gasteiger partial charge in [0.15, 0.2) is 0 Å². The summed E-state index contributed by atoms with van der Waals surface area (Å²) in [6, 6.07) is 15.7. The quantitative estimate of drug-likeness (QED) is 0.331. The zero-order valence-corrected chi connectivity index (χ0v) is 24.1. The van der Waals surface area contributed by atoms with Gasteiger partial charge in [-0.2, -0.15) is 0 Å². The molecule has 1 saturated heterocycles. The molecule has 0 radical (unpaired) electrons. The number of nitrogens with two attached hydrogens (primary N) is 1. The van der Waals surface area contributed by atoms with Crippen LogP contribution in [0.25, 0.3) is 0 Å². The van der Waals surface area contributed by atoms with Crippen LogP contribution in [0.5, 0.6) is 5.75 Å². The van der Waals surface area contributed by atoms with E-state index in [0.29, 0.717) is 26.1 Å². The molecule has 40 heavy (non-hydrogen) atoms. The van der Waals surface area contributed by atoms with E-state index in [4.69, 9.17) is 15.2 Å². The molecule has 0 saturated carbocycles. The van der Waals surface area contributed by atoms with Crippen molar-refractivity contribution < 1.29 is 19.1 Å². The van der Waals surface area contributed by atoms with Crippen molar-refractivity contribution in [3.05, 3.63) is 94.6 Å². The number of nitrogens with one attached hydrogen (secondary N) is 1. The third kappa shape index (κ3) is 6.45. The highest BCUT2D eigenvalue weighted by Gasteiger charge is 2.50. The third-order valence-electron chi connectivity index (χ3n) is 7.82. The first-order valence-corrected chi connectivity index (χ1v) is 13.7. The summed E-state index contributed by atoms with van der Waals surface area (Å²) in [6.45, 7) is 9.30. The number of imidazole rings is 1. The van der Waals surface area contributed by atoms with E-state index in [1.807, 2.05) is 63.2 Å². The highest BCUT2D eigenvalue weighted by molar-refractivity contribution is 5.88. The van der Waals surface area contributed by atoms with E-state index in [9.17, 15) is 9.59 Å². The smallest absolute Gasteiger partial charge is 0.227 e. The molecule has 0 spiro atoms. The molecule has 1 fully saturated rings. The van der Waals surface area contributed by atoms with Crippen LogP contribution in [0.1, 0.15) is 41.9 Å². The van der Waals surface area contributed by atoms with E-state index in [0.717, 1.165) is 33.8 Å². The standard InChI is InChI=1S/C32H40N4O4/c1-21(2)14-15-40-32(28-9-7-6-8-22(28)3)18-36(19-32)31(38)27(16-24-10-12-25(39-5)13-11-24)26(30(33)37)17-29-23(4)34-20-35-29/h6-14,20,26-27H,15-19H2,1-5H3,(H2,33,37)(H,34,35)/t26?,27-/m1/s1. The Hall–Kier alpha value is -3.91. The number of benzene rings is 2. The summed E-state index contributed by atoms with van der Waals surface area (Å²) in [7, 11) is 1.61. The van der Waals surface area contributed by atoms with Gasteiger partial charge in [-0.25, -0.2) is 4.98 Å². The van der Waals surface area contributed by atoms with Crippen molar-refractivity contribution in [1.29, 1.82) is 0 Å². The van der Waals surface area contributed by atoms with E-state index < -0.39 is 23.3 Å². The number of primary amides is 1. The maximum atomic E-state index is 14.2. The minimum Gasteiger partial charge on any atom is -0.497 e. The fourth-order valence-electron chi connectivity index (χ4n) is 5.41. The average molecular weight is 545 g/mol. The lowest BCUT2D eigenvalue weighted by Gasteiger charge is -2.51. The Morgan fingerprint density at radius 1 is 1.07 bits per heavy atom. The van der Waals surface area contributed by atoms with Crippen molar-refractivity contribution in [2.45, 2.75) is 46.1 Å². The molecule has 3 aromatic rings. The second kappa shape index (κ2) is 12.5. The lowest BCUT2D eigenvalue weighted by Crippen LogP contribution is -2.64. The predicted molar refractivity (Wildman–Crippen MR) is 155 cm³/mol. The zero-order valence-electron chi connectivity index (χ0n) is 24.1. The summed E-state index contributed by atoms with van der Waals surface area (Å²) in [5, 5.41) is 0. The van der Waals surface area contributed by atoms with Crippen LogP contribution in [0, 0.1) is 25.7 Å². The van der Waals surface area contributed by atoms with E-state index in [2.05, 4.69) is 29.0 Å². The fraction of sp³-hybridized carbons (Fsp3) is 0.406. The number of aryl methyl sites for hydroxylation is 2. The molecular weight excluding hydrogens is 504 g/mol. The molecular formula is C32H40N4O4. The molecule has 8 nitrogen and oxygen atoms in total. The van der Waals surface area contributed by atoms with Crippen LogP contribution in [0.15, 0.2) is 66.5 Å². The van der Waals surface area contributed by atoms with Crippen molar-refractivity contribution in [2.75, 3.05) is 26.8 Å². The van der Waals surface area contributed by atoms with Crippen LogP contribution in [0.4, 0.5) is 0 Å². The number of hydrogen-bond donors (Lipinski definition) is 2. The number of aromatic nitrogens is 2. The van der Waals surface area contributed by atoms with Crippen molar-refractivity contribution in [3.63, 3.8) is 0 Å². The summed E-state index contributed by atoms with van der Waals surface area (Å²) in [4.78, 5) is 36.3. The summed E-state index contributed by atoms with van der Waals surface area (Å²) in [5.41, 5.74) is 11.2. The lowest BCUT2D eigenvalue weighted by molar-refractivity contribution is -0.175. The normalized spacial score (nSPS) is 15.6. The molecule has 3 N–H and O–H groups in total. The Bertz CT molecular complexity index is 1350. The Balaban J connectivity index is 1.63. The maximum Gasteiger partial charge on any atom is 0.227 e. The molecule has 0 aliphatic carbocycles. The number of carbonyl (C=O) groups is 2. The number of amides is 2. The lowest BCUT2D eigenvalue weighted by atomic mass is 9.78. The molecule has 1 unspecified atom stereocenters. The molecule has 2 atom stereocenters. The second-order valence-corrected chi connectivity index (χ2v) is 10.9. The number of carbonyl (C=O) groups excluding carboxylic acids is 2. The molecule has 0 bridgehead atoms. The number of likely N-dealkylation sites (tertiary alicyclic amines) is 1. The number of hydrogen-bond acceptors (Lipinski definition) is 5. The van der Waals surface area contributed by atoms with Gasteiger partial charge in [0.2, 0.25) is 11.8 Å². The first-order valence-electron chi connectivity index (χ1n) is 13.7. The molecule has 1 aliphatic rings. The monoisotopic (exact) mass is 544 g/mol. The zero-order chi connectivity index (χ0) is 28.9. The molecule has 2 amide bonds. The topological polar surface area (TPSA) is 111 Å². The van der Waals surface area contributed by atoms with Gasteiger partial charge in [0.1, 0.15) is 11.4 Å². The number of H-pyrrole nitrogens is 1. The second-order valence-electron chi connectivity index (χ2n) is 10.9. The average Bonchev–Trinajstić information content (AvgIpc) is 3.31. The van der Waals surface area contributed by atoms with Crippen molar-refractivity contribution in [3.8, 4) is 5.75 Å². The van der Waals surface area contributed by atoms with Crippen molar-refractivity contribution in [2.24, 2.45) is 17.6 Å². The number of nitrogens with zero attached hydrogens (tertiary/aromatic N) is 2. The van der Waals surface area contributed by atoms with Gasteiger partial charge in [-0.3, -0.25) is 9.59 Å². The van der Waals surface area contributed by atoms with Crippen LogP contribution in [0.3, 0.4) is 0 Å². The van der Waals surface area contributed by atoms with E-state index >= 15 is 0 Å². The number of rotatable bonds is 12. The van der Waals surface area contributed by atoms with Gasteiger partial charge in [0.25, 0.3) is 0 Å². The van der Waals surface area contributed by atoms with Gasteiger partial charge >= 0.3 is 0 Å². The molecule has 212 valence electrons. The highest BCUT2D eigenvalue weighted by Crippen LogP contribution is 2.39. The largest absolute Gasteiger partial charge is 0.497 e. The van der Waals surface area contributed by atoms with Gasteiger partial charge in [-0.15, -0.1) is 0 Å². The van der Waals surface area contributed by atoms with Crippen LogP contribution in [-0.4, -0.2) is 53.5 Å². The Morgan fingerprint density at radius 3 is 2.35 bits per heavy atom. The van der Waals surface area contributed by atoms with Crippen LogP contribution < -0.4 is 10.5 Å². The predicted octanol–water partition coefficient (Wildman–Crippen LogP) is 4.26. The van der Waals surface area contributed by atoms with Gasteiger partial charge in [0.05, 0.1) is 50.7 Å². The van der Waals surface area contributed by atoms with Gasteiger partial charge in [-0.05, 0) is 62.9 Å². The maximum absolute atomic E-state index is 14.2. The summed E-state index contributed by atoms with van der Waals surface area (Å²) >= 11 is 0. The summed E-state index contributed by atoms with van der Waals surface area (Å²) in [6.07, 6.45) is 4.29. The molecule has 8 heteroatoms. The van der Waals surface area contributed by atoms with E-state index in [-0.39, 0.29) is 12.3 Å². The third-order valence-corrected chi connectivity index (χ3v) is 7.82. The summed E-state index contributed by atoms with van der Waals surface area (Å²) < 4.78 is 11.8. The minimum atomic E-state index is -0.725. The highest BCUT2D eigenvalue weighted by atomic mass is 16.5. The van der Waals surface area contributed by atoms with Gasteiger partial charge in [0, 0.05) is 12.1 Å². The molecule has 1 aliphatic heterocycles. The first-order chi connectivity index (χ1) is 19.1. The van der Waals surface area contributed by atoms with Crippen molar-refractivity contribution >= 4 is 11.8 Å². The fourth-order valence-corrected chi connectivity index (χ4v) is 5.41. The van der Waals surface area contributed by atoms with Crippen molar-refractivity contribution in [1.82, 2.24) is 14.9 Å². The van der Waals surface area contributed by atoms with Crippen LogP contribution in [0.2, 0.25) is 0 Å². The van der Waals surface area contributed by atoms with Crippen LogP contribution >= 0.6 is 0 Å².